The second-order valence-corrected chi connectivity index (χ2v) is 5.38. The van der Waals surface area contributed by atoms with Crippen LogP contribution in [0.25, 0.3) is 0 Å². The van der Waals surface area contributed by atoms with Crippen LogP contribution in [-0.4, -0.2) is 40.6 Å². The molecule has 20 heavy (non-hydrogen) atoms. The average Bonchev–Trinajstić information content (AvgIpc) is 2.42. The highest BCUT2D eigenvalue weighted by atomic mass is 32.2. The Morgan fingerprint density at radius 3 is 2.85 bits per heavy atom. The Bertz CT molecular complexity index is 479. The monoisotopic (exact) mass is 298 g/mol. The second kappa shape index (κ2) is 8.55. The van der Waals surface area contributed by atoms with Gasteiger partial charge >= 0.3 is 0 Å². The number of rotatable bonds is 8. The molecule has 7 heteroatoms. The normalized spacial score (nSPS) is 10.3. The SMILES string of the molecule is Cc1c(C(=O)NCCSCCCO)cccc1[N+](=O)[O-]. The summed E-state index contributed by atoms with van der Waals surface area (Å²) in [6, 6.07) is 4.48. The van der Waals surface area contributed by atoms with Crippen LogP contribution < -0.4 is 5.32 Å². The van der Waals surface area contributed by atoms with Crippen LogP contribution in [0.2, 0.25) is 0 Å². The predicted octanol–water partition coefficient (Wildman–Crippen LogP) is 1.75. The van der Waals surface area contributed by atoms with Gasteiger partial charge in [-0.25, -0.2) is 0 Å². The summed E-state index contributed by atoms with van der Waals surface area (Å²) < 4.78 is 0. The molecule has 0 unspecified atom stereocenters. The molecule has 0 aliphatic heterocycles. The molecule has 0 aliphatic carbocycles. The van der Waals surface area contributed by atoms with Gasteiger partial charge in [0.1, 0.15) is 0 Å². The van der Waals surface area contributed by atoms with E-state index in [1.807, 2.05) is 0 Å². The number of carbonyl (C=O) groups is 1. The van der Waals surface area contributed by atoms with Gasteiger partial charge in [0.25, 0.3) is 11.6 Å². The van der Waals surface area contributed by atoms with Gasteiger partial charge < -0.3 is 10.4 Å². The summed E-state index contributed by atoms with van der Waals surface area (Å²) in [5.74, 6) is 1.30. The molecule has 6 nitrogen and oxygen atoms in total. The Hall–Kier alpha value is -1.60. The van der Waals surface area contributed by atoms with Gasteiger partial charge in [0.2, 0.25) is 0 Å². The Morgan fingerprint density at radius 1 is 1.45 bits per heavy atom. The predicted molar refractivity (Wildman–Crippen MR) is 79.2 cm³/mol. The molecule has 1 aromatic rings. The number of amides is 1. The fourth-order valence-corrected chi connectivity index (χ4v) is 2.45. The van der Waals surface area contributed by atoms with E-state index in [2.05, 4.69) is 5.32 Å². The number of benzene rings is 1. The first-order valence-electron chi connectivity index (χ1n) is 6.28. The minimum absolute atomic E-state index is 0.0463. The van der Waals surface area contributed by atoms with Crippen LogP contribution in [0.15, 0.2) is 18.2 Å². The lowest BCUT2D eigenvalue weighted by atomic mass is 10.1. The number of hydrogen-bond acceptors (Lipinski definition) is 5. The molecular formula is C13H18N2O4S. The van der Waals surface area contributed by atoms with E-state index in [0.29, 0.717) is 17.7 Å². The van der Waals surface area contributed by atoms with E-state index in [-0.39, 0.29) is 18.2 Å². The summed E-state index contributed by atoms with van der Waals surface area (Å²) >= 11 is 1.64. The number of hydrogen-bond donors (Lipinski definition) is 2. The topological polar surface area (TPSA) is 92.5 Å². The van der Waals surface area contributed by atoms with Crippen LogP contribution in [0.4, 0.5) is 5.69 Å². The van der Waals surface area contributed by atoms with Crippen molar-refractivity contribution in [2.45, 2.75) is 13.3 Å². The smallest absolute Gasteiger partial charge is 0.273 e. The lowest BCUT2D eigenvalue weighted by molar-refractivity contribution is -0.385. The third kappa shape index (κ3) is 4.82. The average molecular weight is 298 g/mol. The molecule has 0 aromatic heterocycles. The molecule has 0 saturated carbocycles. The van der Waals surface area contributed by atoms with Crippen LogP contribution in [0.3, 0.4) is 0 Å². The van der Waals surface area contributed by atoms with Crippen LogP contribution in [-0.2, 0) is 0 Å². The van der Waals surface area contributed by atoms with E-state index in [9.17, 15) is 14.9 Å². The Kier molecular flexibility index (Phi) is 7.03. The molecule has 0 bridgehead atoms. The second-order valence-electron chi connectivity index (χ2n) is 4.15. The maximum Gasteiger partial charge on any atom is 0.273 e. The van der Waals surface area contributed by atoms with Crippen molar-refractivity contribution in [1.82, 2.24) is 5.32 Å². The van der Waals surface area contributed by atoms with E-state index in [1.165, 1.54) is 12.1 Å². The number of thioether (sulfide) groups is 1. The Labute approximate surface area is 121 Å². The van der Waals surface area contributed by atoms with Gasteiger partial charge in [-0.1, -0.05) is 6.07 Å². The van der Waals surface area contributed by atoms with E-state index >= 15 is 0 Å². The number of nitro groups is 1. The number of nitrogens with one attached hydrogen (secondary N) is 1. The van der Waals surface area contributed by atoms with E-state index < -0.39 is 4.92 Å². The van der Waals surface area contributed by atoms with Gasteiger partial charge in [0, 0.05) is 36.1 Å². The molecule has 1 aromatic carbocycles. The summed E-state index contributed by atoms with van der Waals surface area (Å²) in [5, 5.41) is 22.2. The summed E-state index contributed by atoms with van der Waals surface area (Å²) in [7, 11) is 0. The van der Waals surface area contributed by atoms with Crippen molar-refractivity contribution in [3.05, 3.63) is 39.4 Å². The first-order chi connectivity index (χ1) is 9.57. The van der Waals surface area contributed by atoms with Gasteiger partial charge in [-0.3, -0.25) is 14.9 Å². The Balaban J connectivity index is 2.52. The van der Waals surface area contributed by atoms with Crippen LogP contribution in [0, 0.1) is 17.0 Å². The minimum atomic E-state index is -0.489. The molecule has 0 radical (unpaired) electrons. The molecule has 0 aliphatic rings. The number of carbonyl (C=O) groups excluding carboxylic acids is 1. The maximum atomic E-state index is 11.9. The lowest BCUT2D eigenvalue weighted by Gasteiger charge is -2.07. The van der Waals surface area contributed by atoms with Crippen molar-refractivity contribution in [3.8, 4) is 0 Å². The van der Waals surface area contributed by atoms with E-state index in [4.69, 9.17) is 5.11 Å². The van der Waals surface area contributed by atoms with Gasteiger partial charge in [0.05, 0.1) is 4.92 Å². The van der Waals surface area contributed by atoms with Crippen molar-refractivity contribution in [3.63, 3.8) is 0 Å². The number of aliphatic hydroxyl groups excluding tert-OH is 1. The zero-order chi connectivity index (χ0) is 15.0. The van der Waals surface area contributed by atoms with Crippen LogP contribution in [0.5, 0.6) is 0 Å². The molecule has 1 rings (SSSR count). The molecule has 0 fully saturated rings. The molecular weight excluding hydrogens is 280 g/mol. The van der Waals surface area contributed by atoms with Crippen molar-refractivity contribution in [1.29, 1.82) is 0 Å². The summed E-state index contributed by atoms with van der Waals surface area (Å²) in [4.78, 5) is 22.3. The van der Waals surface area contributed by atoms with Gasteiger partial charge in [-0.05, 0) is 25.2 Å². The van der Waals surface area contributed by atoms with Crippen LogP contribution >= 0.6 is 11.8 Å². The van der Waals surface area contributed by atoms with E-state index in [1.54, 1.807) is 24.8 Å². The number of aliphatic hydroxyl groups is 1. The molecule has 0 saturated heterocycles. The minimum Gasteiger partial charge on any atom is -0.396 e. The molecule has 110 valence electrons. The highest BCUT2D eigenvalue weighted by Crippen LogP contribution is 2.20. The molecule has 2 N–H and O–H groups in total. The lowest BCUT2D eigenvalue weighted by Crippen LogP contribution is -2.26. The largest absolute Gasteiger partial charge is 0.396 e. The highest BCUT2D eigenvalue weighted by Gasteiger charge is 2.17. The van der Waals surface area contributed by atoms with Crippen molar-refractivity contribution in [2.75, 3.05) is 24.7 Å². The first kappa shape index (κ1) is 16.5. The van der Waals surface area contributed by atoms with Gasteiger partial charge in [-0.15, -0.1) is 0 Å². The molecule has 0 spiro atoms. The third-order valence-corrected chi connectivity index (χ3v) is 3.80. The van der Waals surface area contributed by atoms with Gasteiger partial charge in [-0.2, -0.15) is 11.8 Å². The van der Waals surface area contributed by atoms with Crippen LogP contribution in [0.1, 0.15) is 22.3 Å². The number of nitrogens with zero attached hydrogens (tertiary/aromatic N) is 1. The fraction of sp³-hybridized carbons (Fsp3) is 0.462. The Morgan fingerprint density at radius 2 is 2.20 bits per heavy atom. The van der Waals surface area contributed by atoms with Crippen molar-refractivity contribution >= 4 is 23.4 Å². The van der Waals surface area contributed by atoms with Gasteiger partial charge in [0.15, 0.2) is 0 Å². The fourth-order valence-electron chi connectivity index (χ4n) is 1.67. The summed E-state index contributed by atoms with van der Waals surface area (Å²) in [6.07, 6.45) is 0.739. The highest BCUT2D eigenvalue weighted by molar-refractivity contribution is 7.99. The standard InChI is InChI=1S/C13H18N2O4S/c1-10-11(4-2-5-12(10)15(18)19)13(17)14-6-9-20-8-3-7-16/h2,4-5,16H,3,6-9H2,1H3,(H,14,17). The van der Waals surface area contributed by atoms with E-state index in [0.717, 1.165) is 17.9 Å². The summed E-state index contributed by atoms with van der Waals surface area (Å²) in [6.45, 7) is 2.24. The zero-order valence-electron chi connectivity index (χ0n) is 11.3. The quantitative estimate of drug-likeness (QED) is 0.433. The maximum absolute atomic E-state index is 11.9. The zero-order valence-corrected chi connectivity index (χ0v) is 12.1. The molecule has 0 atom stereocenters. The number of nitro benzene ring substituents is 1. The van der Waals surface area contributed by atoms with Crippen molar-refractivity contribution in [2.24, 2.45) is 0 Å². The summed E-state index contributed by atoms with van der Waals surface area (Å²) in [5.41, 5.74) is 0.664. The molecule has 0 heterocycles. The van der Waals surface area contributed by atoms with Crippen molar-refractivity contribution < 1.29 is 14.8 Å². The third-order valence-electron chi connectivity index (χ3n) is 2.73. The molecule has 1 amide bonds. The first-order valence-corrected chi connectivity index (χ1v) is 7.44.